The minimum absolute atomic E-state index is 0.0920. The van der Waals surface area contributed by atoms with Gasteiger partial charge in [-0.05, 0) is 30.7 Å². The summed E-state index contributed by atoms with van der Waals surface area (Å²) in [5, 5.41) is 2.73. The van der Waals surface area contributed by atoms with E-state index in [1.807, 2.05) is 25.1 Å². The van der Waals surface area contributed by atoms with Crippen molar-refractivity contribution in [3.63, 3.8) is 0 Å². The SMILES string of the molecule is CCNC(=O)c1ccc(-c2cccc(=O)[nH]2)cc1. The number of carbonyl (C=O) groups excluding carboxylic acids is 1. The Morgan fingerprint density at radius 2 is 1.89 bits per heavy atom. The molecular formula is C14H14N2O2. The molecule has 2 N–H and O–H groups in total. The summed E-state index contributed by atoms with van der Waals surface area (Å²) in [6.45, 7) is 2.48. The van der Waals surface area contributed by atoms with E-state index in [1.165, 1.54) is 6.07 Å². The molecule has 1 amide bonds. The monoisotopic (exact) mass is 242 g/mol. The molecule has 1 aromatic heterocycles. The number of hydrogen-bond donors (Lipinski definition) is 2. The summed E-state index contributed by atoms with van der Waals surface area (Å²) in [6, 6.07) is 12.1. The fourth-order valence-corrected chi connectivity index (χ4v) is 1.68. The summed E-state index contributed by atoms with van der Waals surface area (Å²) in [5.74, 6) is -0.0920. The second-order valence-electron chi connectivity index (χ2n) is 3.87. The normalized spacial score (nSPS) is 10.1. The summed E-state index contributed by atoms with van der Waals surface area (Å²) >= 11 is 0. The van der Waals surface area contributed by atoms with E-state index in [0.29, 0.717) is 12.1 Å². The van der Waals surface area contributed by atoms with E-state index >= 15 is 0 Å². The Morgan fingerprint density at radius 1 is 1.17 bits per heavy atom. The molecule has 0 saturated heterocycles. The maximum absolute atomic E-state index is 11.6. The smallest absolute Gasteiger partial charge is 0.251 e. The molecule has 0 bridgehead atoms. The fourth-order valence-electron chi connectivity index (χ4n) is 1.68. The van der Waals surface area contributed by atoms with E-state index in [2.05, 4.69) is 10.3 Å². The summed E-state index contributed by atoms with van der Waals surface area (Å²) in [4.78, 5) is 25.5. The number of hydrogen-bond acceptors (Lipinski definition) is 2. The second kappa shape index (κ2) is 5.31. The third-order valence-corrected chi connectivity index (χ3v) is 2.56. The molecule has 0 radical (unpaired) electrons. The van der Waals surface area contributed by atoms with Crippen LogP contribution in [0.2, 0.25) is 0 Å². The highest BCUT2D eigenvalue weighted by molar-refractivity contribution is 5.94. The van der Waals surface area contributed by atoms with E-state index in [1.54, 1.807) is 18.2 Å². The van der Waals surface area contributed by atoms with Crippen molar-refractivity contribution in [3.8, 4) is 11.3 Å². The van der Waals surface area contributed by atoms with Crippen molar-refractivity contribution in [3.05, 3.63) is 58.4 Å². The van der Waals surface area contributed by atoms with Crippen LogP contribution in [-0.4, -0.2) is 17.4 Å². The standard InChI is InChI=1S/C14H14N2O2/c1-2-15-14(18)11-8-6-10(7-9-11)12-4-3-5-13(17)16-12/h3-9H,2H2,1H3,(H,15,18)(H,16,17). The minimum Gasteiger partial charge on any atom is -0.352 e. The van der Waals surface area contributed by atoms with Gasteiger partial charge in [-0.2, -0.15) is 0 Å². The number of nitrogens with one attached hydrogen (secondary N) is 2. The van der Waals surface area contributed by atoms with Gasteiger partial charge in [-0.3, -0.25) is 9.59 Å². The van der Waals surface area contributed by atoms with Crippen molar-refractivity contribution in [2.45, 2.75) is 6.92 Å². The van der Waals surface area contributed by atoms with Crippen molar-refractivity contribution >= 4 is 5.91 Å². The number of pyridine rings is 1. The van der Waals surface area contributed by atoms with Crippen LogP contribution in [0.5, 0.6) is 0 Å². The lowest BCUT2D eigenvalue weighted by Crippen LogP contribution is -2.22. The molecule has 18 heavy (non-hydrogen) atoms. The summed E-state index contributed by atoms with van der Waals surface area (Å²) in [6.07, 6.45) is 0. The number of aromatic nitrogens is 1. The third-order valence-electron chi connectivity index (χ3n) is 2.56. The van der Waals surface area contributed by atoms with E-state index in [-0.39, 0.29) is 11.5 Å². The third kappa shape index (κ3) is 2.66. The molecule has 1 heterocycles. The zero-order valence-corrected chi connectivity index (χ0v) is 10.1. The highest BCUT2D eigenvalue weighted by Crippen LogP contribution is 2.15. The molecule has 0 fully saturated rings. The molecular weight excluding hydrogens is 228 g/mol. The Labute approximate surface area is 105 Å². The van der Waals surface area contributed by atoms with E-state index < -0.39 is 0 Å². The van der Waals surface area contributed by atoms with Gasteiger partial charge in [-0.1, -0.05) is 18.2 Å². The molecule has 0 atom stereocenters. The predicted molar refractivity (Wildman–Crippen MR) is 70.5 cm³/mol. The van der Waals surface area contributed by atoms with Gasteiger partial charge < -0.3 is 10.3 Å². The average Bonchev–Trinajstić information content (AvgIpc) is 2.39. The number of carbonyl (C=O) groups is 1. The largest absolute Gasteiger partial charge is 0.352 e. The minimum atomic E-state index is -0.139. The lowest BCUT2D eigenvalue weighted by molar-refractivity contribution is 0.0956. The van der Waals surface area contributed by atoms with Gasteiger partial charge in [0.2, 0.25) is 5.56 Å². The zero-order chi connectivity index (χ0) is 13.0. The van der Waals surface area contributed by atoms with E-state index in [0.717, 1.165) is 11.3 Å². The molecule has 0 aliphatic heterocycles. The van der Waals surface area contributed by atoms with Gasteiger partial charge in [0.25, 0.3) is 5.91 Å². The maximum Gasteiger partial charge on any atom is 0.251 e. The number of amides is 1. The fraction of sp³-hybridized carbons (Fsp3) is 0.143. The molecule has 4 nitrogen and oxygen atoms in total. The topological polar surface area (TPSA) is 62.0 Å². The first-order chi connectivity index (χ1) is 8.70. The maximum atomic E-state index is 11.6. The van der Waals surface area contributed by atoms with Gasteiger partial charge in [0.15, 0.2) is 0 Å². The highest BCUT2D eigenvalue weighted by Gasteiger charge is 2.04. The molecule has 0 saturated carbocycles. The van der Waals surface area contributed by atoms with Gasteiger partial charge in [0, 0.05) is 23.9 Å². The highest BCUT2D eigenvalue weighted by atomic mass is 16.1. The van der Waals surface area contributed by atoms with Crippen LogP contribution >= 0.6 is 0 Å². The summed E-state index contributed by atoms with van der Waals surface area (Å²) < 4.78 is 0. The molecule has 2 aromatic rings. The van der Waals surface area contributed by atoms with Crippen LogP contribution in [0, 0.1) is 0 Å². The van der Waals surface area contributed by atoms with Gasteiger partial charge in [-0.25, -0.2) is 0 Å². The Kier molecular flexibility index (Phi) is 3.57. The van der Waals surface area contributed by atoms with Crippen molar-refractivity contribution < 1.29 is 4.79 Å². The summed E-state index contributed by atoms with van der Waals surface area (Å²) in [5.41, 5.74) is 2.09. The zero-order valence-electron chi connectivity index (χ0n) is 10.1. The number of aromatic amines is 1. The Morgan fingerprint density at radius 3 is 2.50 bits per heavy atom. The molecule has 92 valence electrons. The van der Waals surface area contributed by atoms with Crippen LogP contribution < -0.4 is 10.9 Å². The first-order valence-electron chi connectivity index (χ1n) is 5.78. The van der Waals surface area contributed by atoms with Crippen LogP contribution in [0.1, 0.15) is 17.3 Å². The van der Waals surface area contributed by atoms with Crippen LogP contribution in [0.25, 0.3) is 11.3 Å². The Bertz CT molecular complexity index is 600. The number of H-pyrrole nitrogens is 1. The molecule has 0 aliphatic carbocycles. The quantitative estimate of drug-likeness (QED) is 0.862. The molecule has 4 heteroatoms. The number of rotatable bonds is 3. The molecule has 2 rings (SSSR count). The molecule has 0 aliphatic rings. The van der Waals surface area contributed by atoms with Gasteiger partial charge >= 0.3 is 0 Å². The van der Waals surface area contributed by atoms with Gasteiger partial charge in [-0.15, -0.1) is 0 Å². The van der Waals surface area contributed by atoms with Crippen LogP contribution in [-0.2, 0) is 0 Å². The van der Waals surface area contributed by atoms with E-state index in [9.17, 15) is 9.59 Å². The van der Waals surface area contributed by atoms with Crippen molar-refractivity contribution in [2.75, 3.05) is 6.54 Å². The van der Waals surface area contributed by atoms with Crippen molar-refractivity contribution in [1.29, 1.82) is 0 Å². The lowest BCUT2D eigenvalue weighted by atomic mass is 10.1. The van der Waals surface area contributed by atoms with Gasteiger partial charge in [0.1, 0.15) is 0 Å². The number of benzene rings is 1. The lowest BCUT2D eigenvalue weighted by Gasteiger charge is -2.04. The Hall–Kier alpha value is -2.36. The van der Waals surface area contributed by atoms with Gasteiger partial charge in [0.05, 0.1) is 0 Å². The second-order valence-corrected chi connectivity index (χ2v) is 3.87. The van der Waals surface area contributed by atoms with Crippen LogP contribution in [0.4, 0.5) is 0 Å². The molecule has 0 unspecified atom stereocenters. The first-order valence-corrected chi connectivity index (χ1v) is 5.78. The average molecular weight is 242 g/mol. The predicted octanol–water partition coefficient (Wildman–Crippen LogP) is 1.79. The first kappa shape index (κ1) is 12.1. The van der Waals surface area contributed by atoms with E-state index in [4.69, 9.17) is 0 Å². The van der Waals surface area contributed by atoms with Crippen molar-refractivity contribution in [1.82, 2.24) is 10.3 Å². The summed E-state index contributed by atoms with van der Waals surface area (Å²) in [7, 11) is 0. The molecule has 0 spiro atoms. The van der Waals surface area contributed by atoms with Crippen molar-refractivity contribution in [2.24, 2.45) is 0 Å². The Balaban J connectivity index is 2.27. The molecule has 1 aromatic carbocycles. The van der Waals surface area contributed by atoms with Crippen LogP contribution in [0.3, 0.4) is 0 Å². The van der Waals surface area contributed by atoms with Crippen LogP contribution in [0.15, 0.2) is 47.3 Å².